The molecular formula is C23H35F3N2O2. The van der Waals surface area contributed by atoms with E-state index in [2.05, 4.69) is 4.90 Å². The van der Waals surface area contributed by atoms with E-state index in [0.717, 1.165) is 44.6 Å². The Bertz CT molecular complexity index is 686. The minimum Gasteiger partial charge on any atom is -0.444 e. The van der Waals surface area contributed by atoms with E-state index in [9.17, 15) is 18.0 Å². The Labute approximate surface area is 178 Å². The van der Waals surface area contributed by atoms with Crippen LogP contribution in [0.3, 0.4) is 0 Å². The molecule has 1 fully saturated rings. The highest BCUT2D eigenvalue weighted by molar-refractivity contribution is 5.67. The fourth-order valence-electron chi connectivity index (χ4n) is 3.77. The van der Waals surface area contributed by atoms with Gasteiger partial charge >= 0.3 is 6.09 Å². The highest BCUT2D eigenvalue weighted by Gasteiger charge is 2.24. The number of carbonyl (C=O) groups is 1. The molecule has 2 rings (SSSR count). The number of nitrogens with zero attached hydrogens (tertiary/aromatic N) is 2. The van der Waals surface area contributed by atoms with Gasteiger partial charge in [0, 0.05) is 19.2 Å². The lowest BCUT2D eigenvalue weighted by Crippen LogP contribution is -2.35. The molecule has 0 radical (unpaired) electrons. The second-order valence-corrected chi connectivity index (χ2v) is 9.16. The smallest absolute Gasteiger partial charge is 0.410 e. The average molecular weight is 429 g/mol. The van der Waals surface area contributed by atoms with E-state index in [1.165, 1.54) is 17.4 Å². The zero-order valence-corrected chi connectivity index (χ0v) is 18.6. The SMILES string of the molecule is CN(CC[C@@H](CCN1CCCCC1)c1cc(C(F)F)ccc1F)C(=O)OC(C)(C)C. The minimum absolute atomic E-state index is 0.171. The third kappa shape index (κ3) is 7.82. The largest absolute Gasteiger partial charge is 0.444 e. The molecule has 0 saturated carbocycles. The predicted octanol–water partition coefficient (Wildman–Crippen LogP) is 5.98. The molecule has 7 heteroatoms. The Kier molecular flexibility index (Phi) is 9.01. The van der Waals surface area contributed by atoms with Gasteiger partial charge in [-0.05, 0) is 89.7 Å². The molecule has 30 heavy (non-hydrogen) atoms. The highest BCUT2D eigenvalue weighted by atomic mass is 19.3. The molecule has 0 N–H and O–H groups in total. The number of amides is 1. The quantitative estimate of drug-likeness (QED) is 0.511. The lowest BCUT2D eigenvalue weighted by Gasteiger charge is -2.30. The molecule has 1 aliphatic rings. The van der Waals surface area contributed by atoms with Gasteiger partial charge in [-0.25, -0.2) is 18.0 Å². The third-order valence-electron chi connectivity index (χ3n) is 5.47. The molecule has 0 bridgehead atoms. The minimum atomic E-state index is -2.64. The zero-order chi connectivity index (χ0) is 22.3. The third-order valence-corrected chi connectivity index (χ3v) is 5.47. The van der Waals surface area contributed by atoms with Crippen LogP contribution in [-0.4, -0.2) is 54.7 Å². The van der Waals surface area contributed by atoms with Crippen LogP contribution < -0.4 is 0 Å². The van der Waals surface area contributed by atoms with Crippen molar-refractivity contribution in [2.75, 3.05) is 33.2 Å². The Hall–Kier alpha value is -1.76. The standard InChI is InChI=1S/C23H35F3N2O2/c1-23(2,3)30-22(29)27(4)14-10-17(11-15-28-12-6-5-7-13-28)19-16-18(21(25)26)8-9-20(19)24/h8-9,16-17,21H,5-7,10-15H2,1-4H3/t17-/m0/s1. The van der Waals surface area contributed by atoms with E-state index in [1.54, 1.807) is 27.8 Å². The number of hydrogen-bond donors (Lipinski definition) is 0. The summed E-state index contributed by atoms with van der Waals surface area (Å²) in [6.07, 6.45) is 1.59. The number of alkyl halides is 2. The van der Waals surface area contributed by atoms with Gasteiger partial charge in [0.25, 0.3) is 6.43 Å². The second-order valence-electron chi connectivity index (χ2n) is 9.16. The summed E-state index contributed by atoms with van der Waals surface area (Å²) in [6.45, 7) is 8.58. The molecule has 0 aliphatic carbocycles. The summed E-state index contributed by atoms with van der Waals surface area (Å²) in [6, 6.07) is 3.55. The van der Waals surface area contributed by atoms with Crippen LogP contribution >= 0.6 is 0 Å². The zero-order valence-electron chi connectivity index (χ0n) is 18.6. The van der Waals surface area contributed by atoms with Gasteiger partial charge in [0.05, 0.1) is 0 Å². The summed E-state index contributed by atoms with van der Waals surface area (Å²) in [5.41, 5.74) is -0.464. The topological polar surface area (TPSA) is 32.8 Å². The van der Waals surface area contributed by atoms with E-state index in [4.69, 9.17) is 4.74 Å². The number of benzene rings is 1. The van der Waals surface area contributed by atoms with Crippen LogP contribution in [0.5, 0.6) is 0 Å². The normalized spacial score (nSPS) is 16.5. The summed E-state index contributed by atoms with van der Waals surface area (Å²) >= 11 is 0. The van der Waals surface area contributed by atoms with E-state index in [-0.39, 0.29) is 11.5 Å². The van der Waals surface area contributed by atoms with E-state index in [1.807, 2.05) is 0 Å². The monoisotopic (exact) mass is 428 g/mol. The molecule has 0 unspecified atom stereocenters. The first-order valence-corrected chi connectivity index (χ1v) is 10.8. The van der Waals surface area contributed by atoms with Crippen molar-refractivity contribution in [3.63, 3.8) is 0 Å². The molecule has 1 saturated heterocycles. The average Bonchev–Trinajstić information content (AvgIpc) is 2.68. The number of ether oxygens (including phenoxy) is 1. The molecule has 1 aromatic rings. The maximum absolute atomic E-state index is 14.6. The van der Waals surface area contributed by atoms with Crippen molar-refractivity contribution >= 4 is 6.09 Å². The van der Waals surface area contributed by atoms with Gasteiger partial charge in [0.2, 0.25) is 0 Å². The van der Waals surface area contributed by atoms with Crippen molar-refractivity contribution in [1.29, 1.82) is 0 Å². The van der Waals surface area contributed by atoms with Crippen molar-refractivity contribution in [3.8, 4) is 0 Å². The summed E-state index contributed by atoms with van der Waals surface area (Å²) in [5.74, 6) is -0.724. The maximum Gasteiger partial charge on any atom is 0.410 e. The number of carbonyl (C=O) groups excluding carboxylic acids is 1. The van der Waals surface area contributed by atoms with Crippen LogP contribution in [0.1, 0.15) is 76.3 Å². The molecule has 0 aromatic heterocycles. The maximum atomic E-state index is 14.6. The van der Waals surface area contributed by atoms with E-state index < -0.39 is 23.9 Å². The molecule has 1 aliphatic heterocycles. The van der Waals surface area contributed by atoms with Crippen LogP contribution in [-0.2, 0) is 4.74 Å². The molecule has 1 heterocycles. The fraction of sp³-hybridized carbons (Fsp3) is 0.696. The van der Waals surface area contributed by atoms with Crippen LogP contribution in [0.4, 0.5) is 18.0 Å². The Morgan fingerprint density at radius 3 is 2.43 bits per heavy atom. The molecule has 4 nitrogen and oxygen atoms in total. The molecular weight excluding hydrogens is 393 g/mol. The van der Waals surface area contributed by atoms with Crippen molar-refractivity contribution in [2.24, 2.45) is 0 Å². The summed E-state index contributed by atoms with van der Waals surface area (Å²) in [4.78, 5) is 16.1. The molecule has 1 aromatic carbocycles. The summed E-state index contributed by atoms with van der Waals surface area (Å²) in [7, 11) is 1.64. The van der Waals surface area contributed by atoms with E-state index in [0.29, 0.717) is 24.9 Å². The lowest BCUT2D eigenvalue weighted by atomic mass is 9.90. The first-order chi connectivity index (χ1) is 14.1. The van der Waals surface area contributed by atoms with Crippen LogP contribution in [0.2, 0.25) is 0 Å². The van der Waals surface area contributed by atoms with Crippen molar-refractivity contribution in [3.05, 3.63) is 35.1 Å². The number of hydrogen-bond acceptors (Lipinski definition) is 3. The number of likely N-dealkylation sites (tertiary alicyclic amines) is 1. The van der Waals surface area contributed by atoms with E-state index >= 15 is 0 Å². The van der Waals surface area contributed by atoms with Gasteiger partial charge in [-0.2, -0.15) is 0 Å². The lowest BCUT2D eigenvalue weighted by molar-refractivity contribution is 0.0293. The predicted molar refractivity (Wildman–Crippen MR) is 112 cm³/mol. The highest BCUT2D eigenvalue weighted by Crippen LogP contribution is 2.31. The van der Waals surface area contributed by atoms with Crippen LogP contribution in [0, 0.1) is 5.82 Å². The number of piperidine rings is 1. The van der Waals surface area contributed by atoms with Gasteiger partial charge in [-0.3, -0.25) is 0 Å². The van der Waals surface area contributed by atoms with Crippen LogP contribution in [0.15, 0.2) is 18.2 Å². The molecule has 1 atom stereocenters. The summed E-state index contributed by atoms with van der Waals surface area (Å²) in [5, 5.41) is 0. The molecule has 170 valence electrons. The fourth-order valence-corrected chi connectivity index (χ4v) is 3.77. The molecule has 0 spiro atoms. The second kappa shape index (κ2) is 11.0. The number of halogens is 3. The first kappa shape index (κ1) is 24.5. The number of rotatable bonds is 8. The van der Waals surface area contributed by atoms with Gasteiger partial charge in [-0.1, -0.05) is 12.5 Å². The Morgan fingerprint density at radius 2 is 1.83 bits per heavy atom. The van der Waals surface area contributed by atoms with Gasteiger partial charge in [0.1, 0.15) is 11.4 Å². The first-order valence-electron chi connectivity index (χ1n) is 10.8. The Morgan fingerprint density at radius 1 is 1.17 bits per heavy atom. The van der Waals surface area contributed by atoms with Crippen molar-refractivity contribution in [1.82, 2.24) is 9.80 Å². The van der Waals surface area contributed by atoms with Crippen molar-refractivity contribution in [2.45, 2.75) is 70.8 Å². The van der Waals surface area contributed by atoms with Crippen molar-refractivity contribution < 1.29 is 22.7 Å². The van der Waals surface area contributed by atoms with Gasteiger partial charge < -0.3 is 14.5 Å². The van der Waals surface area contributed by atoms with Crippen LogP contribution in [0.25, 0.3) is 0 Å². The molecule has 1 amide bonds. The summed E-state index contributed by atoms with van der Waals surface area (Å²) < 4.78 is 46.4. The Balaban J connectivity index is 2.10. The van der Waals surface area contributed by atoms with Gasteiger partial charge in [-0.15, -0.1) is 0 Å². The van der Waals surface area contributed by atoms with Gasteiger partial charge in [0.15, 0.2) is 0 Å².